The predicted molar refractivity (Wildman–Crippen MR) is 71.2 cm³/mol. The van der Waals surface area contributed by atoms with E-state index >= 15 is 0 Å². The van der Waals surface area contributed by atoms with Crippen LogP contribution in [-0.4, -0.2) is 60.9 Å². The number of hydrogen-bond donors (Lipinski definition) is 1. The van der Waals surface area contributed by atoms with Gasteiger partial charge in [0.1, 0.15) is 0 Å². The summed E-state index contributed by atoms with van der Waals surface area (Å²) in [7, 11) is 3.81. The normalized spacial score (nSPS) is 19.3. The zero-order chi connectivity index (χ0) is 13.7. The van der Waals surface area contributed by atoms with Crippen LogP contribution in [0.4, 0.5) is 0 Å². The molecule has 0 spiro atoms. The number of rotatable bonds is 3. The number of likely N-dealkylation sites (tertiary alicyclic amines) is 1. The Morgan fingerprint density at radius 1 is 1.39 bits per heavy atom. The lowest BCUT2D eigenvalue weighted by molar-refractivity contribution is -0.147. The Morgan fingerprint density at radius 3 is 2.44 bits per heavy atom. The van der Waals surface area contributed by atoms with Gasteiger partial charge in [-0.2, -0.15) is 0 Å². The van der Waals surface area contributed by atoms with Gasteiger partial charge in [0.15, 0.2) is 0 Å². The summed E-state index contributed by atoms with van der Waals surface area (Å²) < 4.78 is 0. The topological polar surface area (TPSA) is 52.7 Å². The predicted octanol–water partition coefficient (Wildman–Crippen LogP) is 0.454. The molecule has 5 nitrogen and oxygen atoms in total. The molecule has 1 heterocycles. The number of hydrogen-bond acceptors (Lipinski definition) is 3. The summed E-state index contributed by atoms with van der Waals surface area (Å²) in [5, 5.41) is 2.72. The molecule has 1 unspecified atom stereocenters. The highest BCUT2D eigenvalue weighted by Crippen LogP contribution is 2.14. The maximum Gasteiger partial charge on any atom is 0.311 e. The number of nitrogens with zero attached hydrogens (tertiary/aromatic N) is 2. The highest BCUT2D eigenvalue weighted by atomic mass is 16.2. The summed E-state index contributed by atoms with van der Waals surface area (Å²) in [5.41, 5.74) is 0. The molecule has 1 rings (SSSR count). The van der Waals surface area contributed by atoms with Gasteiger partial charge < -0.3 is 15.1 Å². The first-order valence-electron chi connectivity index (χ1n) is 6.71. The number of likely N-dealkylation sites (N-methyl/N-ethyl adjacent to an activating group) is 1. The van der Waals surface area contributed by atoms with Crippen LogP contribution in [0.25, 0.3) is 0 Å². The van der Waals surface area contributed by atoms with E-state index in [1.807, 2.05) is 13.8 Å². The highest BCUT2D eigenvalue weighted by Gasteiger charge is 2.28. The monoisotopic (exact) mass is 255 g/mol. The van der Waals surface area contributed by atoms with E-state index in [0.717, 1.165) is 32.4 Å². The molecule has 18 heavy (non-hydrogen) atoms. The van der Waals surface area contributed by atoms with E-state index in [0.29, 0.717) is 0 Å². The van der Waals surface area contributed by atoms with Crippen molar-refractivity contribution >= 4 is 11.8 Å². The Bertz CT molecular complexity index is 299. The third-order valence-corrected chi connectivity index (χ3v) is 3.74. The quantitative estimate of drug-likeness (QED) is 0.745. The van der Waals surface area contributed by atoms with E-state index in [2.05, 4.69) is 17.3 Å². The van der Waals surface area contributed by atoms with Gasteiger partial charge in [0, 0.05) is 19.1 Å². The van der Waals surface area contributed by atoms with Crippen LogP contribution in [0.5, 0.6) is 0 Å². The lowest BCUT2D eigenvalue weighted by Gasteiger charge is -2.34. The number of carbonyl (C=O) groups is 2. The van der Waals surface area contributed by atoms with E-state index < -0.39 is 11.8 Å². The molecule has 1 N–H and O–H groups in total. The molecule has 1 atom stereocenters. The molecule has 0 bridgehead atoms. The van der Waals surface area contributed by atoms with Crippen molar-refractivity contribution in [2.24, 2.45) is 0 Å². The van der Waals surface area contributed by atoms with E-state index in [4.69, 9.17) is 0 Å². The molecule has 0 saturated carbocycles. The van der Waals surface area contributed by atoms with E-state index in [1.54, 1.807) is 11.9 Å². The van der Waals surface area contributed by atoms with Crippen LogP contribution >= 0.6 is 0 Å². The Balaban J connectivity index is 2.47. The average molecular weight is 255 g/mol. The summed E-state index contributed by atoms with van der Waals surface area (Å²) in [6.45, 7) is 5.85. The largest absolute Gasteiger partial charge is 0.345 e. The molecule has 1 aliphatic heterocycles. The van der Waals surface area contributed by atoms with Gasteiger partial charge in [-0.1, -0.05) is 6.92 Å². The Kier molecular flexibility index (Phi) is 5.59. The first-order valence-corrected chi connectivity index (χ1v) is 6.71. The fourth-order valence-corrected chi connectivity index (χ4v) is 2.10. The molecule has 104 valence electrons. The maximum absolute atomic E-state index is 12.0. The summed E-state index contributed by atoms with van der Waals surface area (Å²) in [4.78, 5) is 27.6. The third-order valence-electron chi connectivity index (χ3n) is 3.74. The van der Waals surface area contributed by atoms with Gasteiger partial charge in [-0.25, -0.2) is 0 Å². The van der Waals surface area contributed by atoms with Gasteiger partial charge in [-0.3, -0.25) is 9.59 Å². The lowest BCUT2D eigenvalue weighted by atomic mass is 10.0. The van der Waals surface area contributed by atoms with Crippen molar-refractivity contribution < 1.29 is 9.59 Å². The van der Waals surface area contributed by atoms with E-state index in [-0.39, 0.29) is 12.1 Å². The van der Waals surface area contributed by atoms with Crippen molar-refractivity contribution in [2.45, 2.75) is 45.2 Å². The van der Waals surface area contributed by atoms with Crippen LogP contribution in [0.15, 0.2) is 0 Å². The zero-order valence-corrected chi connectivity index (χ0v) is 11.9. The molecular formula is C13H25N3O2. The molecule has 2 amide bonds. The van der Waals surface area contributed by atoms with Crippen LogP contribution in [0.3, 0.4) is 0 Å². The number of nitrogens with one attached hydrogen (secondary N) is 1. The molecule has 0 aliphatic carbocycles. The molecule has 1 aliphatic rings. The maximum atomic E-state index is 12.0. The van der Waals surface area contributed by atoms with Gasteiger partial charge in [0.05, 0.1) is 0 Å². The van der Waals surface area contributed by atoms with E-state index in [9.17, 15) is 9.59 Å². The number of amides is 2. The van der Waals surface area contributed by atoms with Gasteiger partial charge >= 0.3 is 11.8 Å². The summed E-state index contributed by atoms with van der Waals surface area (Å²) in [6.07, 6.45) is 2.71. The first-order chi connectivity index (χ1) is 8.45. The second-order valence-corrected chi connectivity index (χ2v) is 5.23. The zero-order valence-electron chi connectivity index (χ0n) is 11.9. The standard InChI is InChI=1S/C13H25N3O2/c1-5-10(2)14-12(17)13(18)16(4)11-6-8-15(3)9-7-11/h10-11H,5-9H2,1-4H3,(H,14,17). The van der Waals surface area contributed by atoms with Crippen molar-refractivity contribution in [3.8, 4) is 0 Å². The number of piperidine rings is 1. The van der Waals surface area contributed by atoms with E-state index in [1.165, 1.54) is 0 Å². The molecule has 1 fully saturated rings. The van der Waals surface area contributed by atoms with Crippen molar-refractivity contribution in [3.05, 3.63) is 0 Å². The highest BCUT2D eigenvalue weighted by molar-refractivity contribution is 6.35. The number of carbonyl (C=O) groups excluding carboxylic acids is 2. The fourth-order valence-electron chi connectivity index (χ4n) is 2.10. The van der Waals surface area contributed by atoms with Gasteiger partial charge in [0.25, 0.3) is 0 Å². The van der Waals surface area contributed by atoms with Gasteiger partial charge in [-0.05, 0) is 46.3 Å². The van der Waals surface area contributed by atoms with Gasteiger partial charge in [0.2, 0.25) is 0 Å². The van der Waals surface area contributed by atoms with Gasteiger partial charge in [-0.15, -0.1) is 0 Å². The fraction of sp³-hybridized carbons (Fsp3) is 0.846. The Hall–Kier alpha value is -1.10. The molecule has 1 saturated heterocycles. The Morgan fingerprint density at radius 2 is 1.94 bits per heavy atom. The summed E-state index contributed by atoms with van der Waals surface area (Å²) in [6, 6.07) is 0.240. The van der Waals surface area contributed by atoms with Crippen LogP contribution in [-0.2, 0) is 9.59 Å². The molecule has 0 radical (unpaired) electrons. The second-order valence-electron chi connectivity index (χ2n) is 5.23. The molecule has 0 aromatic heterocycles. The third kappa shape index (κ3) is 3.98. The minimum atomic E-state index is -0.481. The van der Waals surface area contributed by atoms with Crippen LogP contribution in [0.1, 0.15) is 33.1 Å². The van der Waals surface area contributed by atoms with Crippen molar-refractivity contribution in [3.63, 3.8) is 0 Å². The molecular weight excluding hydrogens is 230 g/mol. The molecule has 5 heteroatoms. The summed E-state index contributed by atoms with van der Waals surface area (Å²) in [5.74, 6) is -0.893. The van der Waals surface area contributed by atoms with Crippen LogP contribution in [0, 0.1) is 0 Å². The average Bonchev–Trinajstić information content (AvgIpc) is 2.37. The minimum Gasteiger partial charge on any atom is -0.345 e. The van der Waals surface area contributed by atoms with Crippen molar-refractivity contribution in [2.75, 3.05) is 27.2 Å². The van der Waals surface area contributed by atoms with Crippen molar-refractivity contribution in [1.29, 1.82) is 0 Å². The van der Waals surface area contributed by atoms with Crippen LogP contribution in [0.2, 0.25) is 0 Å². The second kappa shape index (κ2) is 6.73. The minimum absolute atomic E-state index is 0.0485. The van der Waals surface area contributed by atoms with Crippen LogP contribution < -0.4 is 5.32 Å². The molecule has 0 aromatic carbocycles. The van der Waals surface area contributed by atoms with Crippen molar-refractivity contribution in [1.82, 2.24) is 15.1 Å². The smallest absolute Gasteiger partial charge is 0.311 e. The lowest BCUT2D eigenvalue weighted by Crippen LogP contribution is -2.50. The SMILES string of the molecule is CCC(C)NC(=O)C(=O)N(C)C1CCN(C)CC1. The molecule has 0 aromatic rings. The Labute approximate surface area is 110 Å². The summed E-state index contributed by atoms with van der Waals surface area (Å²) >= 11 is 0. The first kappa shape index (κ1) is 15.0.